The van der Waals surface area contributed by atoms with Crippen molar-refractivity contribution in [2.75, 3.05) is 0 Å². The lowest BCUT2D eigenvalue weighted by molar-refractivity contribution is 0.412. The number of hydrogen-bond donors (Lipinski definition) is 1. The van der Waals surface area contributed by atoms with Crippen LogP contribution >= 0.6 is 12.2 Å². The molecule has 0 aliphatic heterocycles. The molecule has 0 bridgehead atoms. The molecular weight excluding hydrogens is 235 g/mol. The predicted molar refractivity (Wildman–Crippen MR) is 69.0 cm³/mol. The Kier molecular flexibility index (Phi) is 2.36. The fraction of sp³-hybridized carbons (Fsp3) is 0.462. The lowest BCUT2D eigenvalue weighted by Crippen LogP contribution is -2.10. The molecule has 0 saturated heterocycles. The Morgan fingerprint density at radius 1 is 1.47 bits per heavy atom. The SMILES string of the molecule is CCC1(Cn2c(=S)[nH]c3c(F)cccc32)CC1. The highest BCUT2D eigenvalue weighted by Gasteiger charge is 2.41. The summed E-state index contributed by atoms with van der Waals surface area (Å²) in [6.45, 7) is 3.12. The average Bonchev–Trinajstić information content (AvgIpc) is 3.02. The van der Waals surface area contributed by atoms with Crippen molar-refractivity contribution in [1.82, 2.24) is 9.55 Å². The molecule has 1 aromatic carbocycles. The third-order valence-electron chi connectivity index (χ3n) is 3.96. The van der Waals surface area contributed by atoms with E-state index in [0.717, 1.165) is 18.5 Å². The number of aromatic amines is 1. The molecule has 1 aliphatic rings. The maximum absolute atomic E-state index is 13.6. The lowest BCUT2D eigenvalue weighted by Gasteiger charge is -2.13. The second kappa shape index (κ2) is 3.67. The van der Waals surface area contributed by atoms with E-state index < -0.39 is 0 Å². The molecule has 1 aliphatic carbocycles. The van der Waals surface area contributed by atoms with Crippen LogP contribution in [0.15, 0.2) is 18.2 Å². The molecule has 90 valence electrons. The molecular formula is C13H15FN2S. The molecule has 1 heterocycles. The van der Waals surface area contributed by atoms with Crippen LogP contribution in [0.3, 0.4) is 0 Å². The van der Waals surface area contributed by atoms with E-state index in [1.54, 1.807) is 6.07 Å². The van der Waals surface area contributed by atoms with Crippen LogP contribution in [0.2, 0.25) is 0 Å². The van der Waals surface area contributed by atoms with Crippen molar-refractivity contribution in [1.29, 1.82) is 0 Å². The lowest BCUT2D eigenvalue weighted by atomic mass is 10.0. The van der Waals surface area contributed by atoms with Crippen LogP contribution in [0.4, 0.5) is 4.39 Å². The summed E-state index contributed by atoms with van der Waals surface area (Å²) in [5, 5.41) is 0. The van der Waals surface area contributed by atoms with Crippen molar-refractivity contribution >= 4 is 23.3 Å². The second-order valence-corrected chi connectivity index (χ2v) is 5.39. The van der Waals surface area contributed by atoms with Gasteiger partial charge < -0.3 is 9.55 Å². The van der Waals surface area contributed by atoms with Crippen LogP contribution in [0.5, 0.6) is 0 Å². The van der Waals surface area contributed by atoms with E-state index in [4.69, 9.17) is 12.2 Å². The average molecular weight is 250 g/mol. The standard InChI is InChI=1S/C13H15FN2S/c1-2-13(6-7-13)8-16-10-5-3-4-9(14)11(10)15-12(16)17/h3-5H,2,6-8H2,1H3,(H,15,17). The van der Waals surface area contributed by atoms with Gasteiger partial charge >= 0.3 is 0 Å². The van der Waals surface area contributed by atoms with E-state index >= 15 is 0 Å². The molecule has 1 aromatic heterocycles. The highest BCUT2D eigenvalue weighted by molar-refractivity contribution is 7.71. The Hall–Kier alpha value is -1.16. The number of nitrogens with one attached hydrogen (secondary N) is 1. The largest absolute Gasteiger partial charge is 0.328 e. The maximum Gasteiger partial charge on any atom is 0.178 e. The van der Waals surface area contributed by atoms with E-state index in [1.165, 1.54) is 18.9 Å². The summed E-state index contributed by atoms with van der Waals surface area (Å²) in [4.78, 5) is 2.97. The third kappa shape index (κ3) is 1.71. The van der Waals surface area contributed by atoms with Crippen LogP contribution in [0.1, 0.15) is 26.2 Å². The van der Waals surface area contributed by atoms with Crippen LogP contribution < -0.4 is 0 Å². The Morgan fingerprint density at radius 3 is 2.88 bits per heavy atom. The normalized spacial score (nSPS) is 17.5. The van der Waals surface area contributed by atoms with Gasteiger partial charge in [0.05, 0.1) is 5.52 Å². The summed E-state index contributed by atoms with van der Waals surface area (Å²) in [6, 6.07) is 5.13. The van der Waals surface area contributed by atoms with Gasteiger partial charge in [-0.3, -0.25) is 0 Å². The molecule has 3 rings (SSSR count). The quantitative estimate of drug-likeness (QED) is 0.816. The molecule has 0 unspecified atom stereocenters. The van der Waals surface area contributed by atoms with Gasteiger partial charge in [-0.1, -0.05) is 13.0 Å². The number of benzene rings is 1. The van der Waals surface area contributed by atoms with Gasteiger partial charge in [0.25, 0.3) is 0 Å². The molecule has 1 saturated carbocycles. The van der Waals surface area contributed by atoms with Crippen LogP contribution in [-0.4, -0.2) is 9.55 Å². The van der Waals surface area contributed by atoms with E-state index in [-0.39, 0.29) is 5.82 Å². The zero-order chi connectivity index (χ0) is 12.0. The molecule has 0 spiro atoms. The second-order valence-electron chi connectivity index (χ2n) is 5.00. The predicted octanol–water partition coefficient (Wildman–Crippen LogP) is 4.03. The molecule has 2 aromatic rings. The zero-order valence-corrected chi connectivity index (χ0v) is 10.6. The van der Waals surface area contributed by atoms with E-state index in [1.807, 2.05) is 10.6 Å². The molecule has 17 heavy (non-hydrogen) atoms. The Balaban J connectivity index is 2.13. The molecule has 1 N–H and O–H groups in total. The minimum absolute atomic E-state index is 0.228. The van der Waals surface area contributed by atoms with Gasteiger partial charge in [0.15, 0.2) is 4.77 Å². The minimum atomic E-state index is -0.228. The monoisotopic (exact) mass is 250 g/mol. The molecule has 0 radical (unpaired) electrons. The molecule has 0 amide bonds. The van der Waals surface area contributed by atoms with Crippen molar-refractivity contribution in [3.8, 4) is 0 Å². The molecule has 2 nitrogen and oxygen atoms in total. The van der Waals surface area contributed by atoms with Crippen molar-refractivity contribution in [3.05, 3.63) is 28.8 Å². The number of aromatic nitrogens is 2. The number of rotatable bonds is 3. The van der Waals surface area contributed by atoms with E-state index in [0.29, 0.717) is 15.7 Å². The first-order valence-corrected chi connectivity index (χ1v) is 6.43. The zero-order valence-electron chi connectivity index (χ0n) is 9.79. The number of hydrogen-bond acceptors (Lipinski definition) is 1. The van der Waals surface area contributed by atoms with Gasteiger partial charge in [0.1, 0.15) is 11.3 Å². The van der Waals surface area contributed by atoms with Crippen molar-refractivity contribution in [3.63, 3.8) is 0 Å². The number of halogens is 1. The van der Waals surface area contributed by atoms with Gasteiger partial charge in [-0.05, 0) is 49.0 Å². The van der Waals surface area contributed by atoms with Crippen molar-refractivity contribution in [2.45, 2.75) is 32.7 Å². The summed E-state index contributed by atoms with van der Waals surface area (Å²) >= 11 is 5.30. The highest BCUT2D eigenvalue weighted by atomic mass is 32.1. The Labute approximate surface area is 104 Å². The third-order valence-corrected chi connectivity index (χ3v) is 4.28. The van der Waals surface area contributed by atoms with Crippen molar-refractivity contribution in [2.24, 2.45) is 5.41 Å². The fourth-order valence-corrected chi connectivity index (χ4v) is 2.70. The van der Waals surface area contributed by atoms with Crippen LogP contribution in [0.25, 0.3) is 11.0 Å². The number of nitrogens with zero attached hydrogens (tertiary/aromatic N) is 1. The van der Waals surface area contributed by atoms with Gasteiger partial charge in [-0.15, -0.1) is 0 Å². The number of fused-ring (bicyclic) bond motifs is 1. The number of H-pyrrole nitrogens is 1. The van der Waals surface area contributed by atoms with Gasteiger partial charge in [0.2, 0.25) is 0 Å². The van der Waals surface area contributed by atoms with Gasteiger partial charge in [-0.25, -0.2) is 4.39 Å². The Bertz CT molecular complexity index is 622. The summed E-state index contributed by atoms with van der Waals surface area (Å²) in [5.74, 6) is -0.228. The maximum atomic E-state index is 13.6. The smallest absolute Gasteiger partial charge is 0.178 e. The summed E-state index contributed by atoms with van der Waals surface area (Å²) in [5.41, 5.74) is 1.82. The molecule has 1 fully saturated rings. The van der Waals surface area contributed by atoms with Crippen LogP contribution in [0, 0.1) is 16.0 Å². The fourth-order valence-electron chi connectivity index (χ4n) is 2.44. The highest BCUT2D eigenvalue weighted by Crippen LogP contribution is 2.50. The Morgan fingerprint density at radius 2 is 2.24 bits per heavy atom. The summed E-state index contributed by atoms with van der Waals surface area (Å²) in [6.07, 6.45) is 3.68. The minimum Gasteiger partial charge on any atom is -0.328 e. The van der Waals surface area contributed by atoms with Crippen molar-refractivity contribution < 1.29 is 4.39 Å². The first-order valence-electron chi connectivity index (χ1n) is 6.02. The first kappa shape index (κ1) is 11.0. The molecule has 0 atom stereocenters. The summed E-state index contributed by atoms with van der Waals surface area (Å²) < 4.78 is 16.3. The topological polar surface area (TPSA) is 20.7 Å². The van der Waals surface area contributed by atoms with Crippen LogP contribution in [-0.2, 0) is 6.54 Å². The first-order chi connectivity index (χ1) is 8.15. The summed E-state index contributed by atoms with van der Waals surface area (Å²) in [7, 11) is 0. The van der Waals surface area contributed by atoms with Gasteiger partial charge in [-0.2, -0.15) is 0 Å². The van der Waals surface area contributed by atoms with E-state index in [9.17, 15) is 4.39 Å². The van der Waals surface area contributed by atoms with E-state index in [2.05, 4.69) is 11.9 Å². The van der Waals surface area contributed by atoms with Gasteiger partial charge in [0, 0.05) is 6.54 Å². The number of para-hydroxylation sites is 1. The number of imidazole rings is 1. The molecule has 4 heteroatoms.